The van der Waals surface area contributed by atoms with E-state index in [-0.39, 0.29) is 17.0 Å². The van der Waals surface area contributed by atoms with Crippen molar-refractivity contribution in [3.63, 3.8) is 0 Å². The van der Waals surface area contributed by atoms with Crippen LogP contribution in [0.5, 0.6) is 5.75 Å². The highest BCUT2D eigenvalue weighted by molar-refractivity contribution is 7.80. The summed E-state index contributed by atoms with van der Waals surface area (Å²) in [6, 6.07) is 3.32. The molecule has 1 aromatic heterocycles. The third kappa shape index (κ3) is 3.83. The van der Waals surface area contributed by atoms with Crippen molar-refractivity contribution in [2.24, 2.45) is 5.41 Å². The number of hydrogen-bond donors (Lipinski definition) is 1. The van der Waals surface area contributed by atoms with Crippen LogP contribution in [0.2, 0.25) is 0 Å². The lowest BCUT2D eigenvalue weighted by molar-refractivity contribution is -0.390. The van der Waals surface area contributed by atoms with Gasteiger partial charge >= 0.3 is 5.82 Å². The summed E-state index contributed by atoms with van der Waals surface area (Å²) in [5, 5.41) is 11.0. The van der Waals surface area contributed by atoms with Gasteiger partial charge in [0.1, 0.15) is 5.69 Å². The topological polar surface area (TPSA) is 65.3 Å². The molecule has 5 nitrogen and oxygen atoms in total. The molecule has 19 heavy (non-hydrogen) atoms. The summed E-state index contributed by atoms with van der Waals surface area (Å²) in [7, 11) is 0. The monoisotopic (exact) mass is 284 g/mol. The molecule has 1 rings (SSSR count). The maximum atomic E-state index is 11.0. The molecule has 0 amide bonds. The average molecular weight is 284 g/mol. The Hall–Kier alpha value is -1.30. The van der Waals surface area contributed by atoms with E-state index in [2.05, 4.69) is 31.5 Å². The lowest BCUT2D eigenvalue weighted by Crippen LogP contribution is -2.29. The van der Waals surface area contributed by atoms with Gasteiger partial charge in [-0.15, -0.1) is 0 Å². The van der Waals surface area contributed by atoms with Gasteiger partial charge in [-0.2, -0.15) is 12.6 Å². The van der Waals surface area contributed by atoms with Gasteiger partial charge in [-0.05, 0) is 40.6 Å². The van der Waals surface area contributed by atoms with Crippen LogP contribution in [0.25, 0.3) is 0 Å². The van der Waals surface area contributed by atoms with Gasteiger partial charge in [0.2, 0.25) is 5.75 Å². The first kappa shape index (κ1) is 15.8. The van der Waals surface area contributed by atoms with Crippen molar-refractivity contribution in [1.82, 2.24) is 4.98 Å². The summed E-state index contributed by atoms with van der Waals surface area (Å²) < 4.78 is 5.64. The van der Waals surface area contributed by atoms with Crippen LogP contribution in [-0.2, 0) is 0 Å². The van der Waals surface area contributed by atoms with Gasteiger partial charge in [-0.25, -0.2) is 0 Å². The van der Waals surface area contributed by atoms with Crippen molar-refractivity contribution in [3.8, 4) is 5.75 Å². The molecule has 0 unspecified atom stereocenters. The molecule has 0 saturated carbocycles. The molecule has 0 aliphatic rings. The second-order valence-corrected chi connectivity index (χ2v) is 5.00. The maximum Gasteiger partial charge on any atom is 0.406 e. The molecule has 0 radical (unpaired) electrons. The molecule has 0 N–H and O–H groups in total. The van der Waals surface area contributed by atoms with Crippen LogP contribution in [0, 0.1) is 22.5 Å². The Morgan fingerprint density at radius 1 is 1.42 bits per heavy atom. The predicted molar refractivity (Wildman–Crippen MR) is 78.0 cm³/mol. The Kier molecular flexibility index (Phi) is 5.60. The molecule has 106 valence electrons. The van der Waals surface area contributed by atoms with Gasteiger partial charge in [-0.1, -0.05) is 13.8 Å². The maximum absolute atomic E-state index is 11.0. The second-order valence-electron chi connectivity index (χ2n) is 4.69. The van der Waals surface area contributed by atoms with Crippen LogP contribution >= 0.6 is 12.6 Å². The van der Waals surface area contributed by atoms with E-state index in [1.54, 1.807) is 19.1 Å². The first-order valence-electron chi connectivity index (χ1n) is 6.33. The summed E-state index contributed by atoms with van der Waals surface area (Å²) in [5.41, 5.74) is 0.549. The Labute approximate surface area is 118 Å². The first-order valence-corrected chi connectivity index (χ1v) is 6.97. The van der Waals surface area contributed by atoms with E-state index in [1.807, 2.05) is 0 Å². The van der Waals surface area contributed by atoms with Gasteiger partial charge in [0.15, 0.2) is 0 Å². The zero-order valence-electron chi connectivity index (χ0n) is 11.5. The molecule has 0 spiro atoms. The number of nitro groups is 1. The lowest BCUT2D eigenvalue weighted by atomic mass is 9.85. The quantitative estimate of drug-likeness (QED) is 0.473. The zero-order valence-corrected chi connectivity index (χ0v) is 12.4. The van der Waals surface area contributed by atoms with Gasteiger partial charge in [0.05, 0.1) is 6.61 Å². The van der Waals surface area contributed by atoms with Crippen LogP contribution < -0.4 is 4.74 Å². The van der Waals surface area contributed by atoms with Crippen molar-refractivity contribution in [1.29, 1.82) is 0 Å². The van der Waals surface area contributed by atoms with Gasteiger partial charge in [0.25, 0.3) is 0 Å². The zero-order chi connectivity index (χ0) is 14.5. The molecule has 0 aliphatic carbocycles. The van der Waals surface area contributed by atoms with Gasteiger partial charge in [-0.3, -0.25) is 0 Å². The van der Waals surface area contributed by atoms with E-state index in [0.717, 1.165) is 12.8 Å². The molecule has 0 fully saturated rings. The van der Waals surface area contributed by atoms with Crippen LogP contribution in [0.15, 0.2) is 12.1 Å². The fraction of sp³-hybridized carbons (Fsp3) is 0.615. The fourth-order valence-corrected chi connectivity index (χ4v) is 2.27. The van der Waals surface area contributed by atoms with E-state index < -0.39 is 4.92 Å². The highest BCUT2D eigenvalue weighted by Gasteiger charge is 2.27. The molecule has 0 aliphatic heterocycles. The number of hydrogen-bond acceptors (Lipinski definition) is 5. The van der Waals surface area contributed by atoms with E-state index in [4.69, 9.17) is 4.74 Å². The number of ether oxygens (including phenoxy) is 1. The molecule has 0 atom stereocenters. The SMILES string of the molecule is CCC(CC)(CS)COc1ccc(C)nc1[N+](=O)[O-]. The van der Waals surface area contributed by atoms with E-state index in [9.17, 15) is 10.1 Å². The van der Waals surface area contributed by atoms with Crippen molar-refractivity contribution in [2.45, 2.75) is 33.6 Å². The number of nitrogens with zero attached hydrogens (tertiary/aromatic N) is 2. The minimum absolute atomic E-state index is 0.0537. The molecular weight excluding hydrogens is 264 g/mol. The largest absolute Gasteiger partial charge is 0.485 e. The summed E-state index contributed by atoms with van der Waals surface area (Å²) in [4.78, 5) is 14.4. The Morgan fingerprint density at radius 2 is 2.05 bits per heavy atom. The first-order chi connectivity index (χ1) is 8.98. The van der Waals surface area contributed by atoms with E-state index in [0.29, 0.717) is 18.1 Å². The van der Waals surface area contributed by atoms with Gasteiger partial charge in [0, 0.05) is 12.3 Å². The third-order valence-corrected chi connectivity index (χ3v) is 4.19. The highest BCUT2D eigenvalue weighted by Crippen LogP contribution is 2.31. The standard InChI is InChI=1S/C13H20N2O3S/c1-4-13(5-2,9-19)8-18-11-7-6-10(3)14-12(11)15(16)17/h6-7,19H,4-5,8-9H2,1-3H3. The smallest absolute Gasteiger partial charge is 0.406 e. The van der Waals surface area contributed by atoms with Gasteiger partial charge < -0.3 is 14.9 Å². The van der Waals surface area contributed by atoms with Crippen molar-refractivity contribution in [3.05, 3.63) is 27.9 Å². The lowest BCUT2D eigenvalue weighted by Gasteiger charge is -2.29. The number of thiol groups is 1. The Bertz CT molecular complexity index is 439. The van der Waals surface area contributed by atoms with Crippen molar-refractivity contribution in [2.75, 3.05) is 12.4 Å². The highest BCUT2D eigenvalue weighted by atomic mass is 32.1. The molecule has 0 bridgehead atoms. The number of pyridine rings is 1. The summed E-state index contributed by atoms with van der Waals surface area (Å²) in [6.45, 7) is 6.28. The molecule has 6 heteroatoms. The van der Waals surface area contributed by atoms with Crippen LogP contribution in [0.4, 0.5) is 5.82 Å². The number of aryl methyl sites for hydroxylation is 1. The summed E-state index contributed by atoms with van der Waals surface area (Å²) >= 11 is 4.36. The molecule has 1 heterocycles. The molecule has 1 aromatic rings. The normalized spacial score (nSPS) is 11.4. The number of aromatic nitrogens is 1. The van der Waals surface area contributed by atoms with Crippen LogP contribution in [0.1, 0.15) is 32.4 Å². The molecule has 0 aromatic carbocycles. The van der Waals surface area contributed by atoms with E-state index >= 15 is 0 Å². The minimum Gasteiger partial charge on any atom is -0.485 e. The molecule has 0 saturated heterocycles. The second kappa shape index (κ2) is 6.75. The summed E-state index contributed by atoms with van der Waals surface area (Å²) in [6.07, 6.45) is 1.83. The predicted octanol–water partition coefficient (Wildman–Crippen LogP) is 3.41. The Morgan fingerprint density at radius 3 is 2.53 bits per heavy atom. The van der Waals surface area contributed by atoms with Crippen molar-refractivity contribution >= 4 is 18.4 Å². The minimum atomic E-state index is -0.511. The Balaban J connectivity index is 2.91. The van der Waals surface area contributed by atoms with Crippen molar-refractivity contribution < 1.29 is 9.66 Å². The number of rotatable bonds is 7. The molecular formula is C13H20N2O3S. The van der Waals surface area contributed by atoms with Crippen LogP contribution in [-0.4, -0.2) is 22.3 Å². The van der Waals surface area contributed by atoms with E-state index in [1.165, 1.54) is 0 Å². The third-order valence-electron chi connectivity index (χ3n) is 3.52. The summed E-state index contributed by atoms with van der Waals surface area (Å²) in [5.74, 6) is 0.691. The van der Waals surface area contributed by atoms with Crippen LogP contribution in [0.3, 0.4) is 0 Å². The fourth-order valence-electron chi connectivity index (χ4n) is 1.73. The average Bonchev–Trinajstić information content (AvgIpc) is 2.42.